The molecule has 1 aromatic heterocycles. The summed E-state index contributed by atoms with van der Waals surface area (Å²) in [4.78, 5) is 29.3. The molecule has 1 aromatic carbocycles. The van der Waals surface area contributed by atoms with Crippen molar-refractivity contribution in [1.82, 2.24) is 9.88 Å². The molecule has 2 rings (SSSR count). The highest BCUT2D eigenvalue weighted by atomic mass is 16.4. The number of pyridine rings is 1. The van der Waals surface area contributed by atoms with Crippen LogP contribution in [0.2, 0.25) is 0 Å². The number of aliphatic carboxylic acids is 1. The SMILES string of the molecule is Cc1ccc(CC(=O)N(CCCC(=O)O)Cc2ccccc2)cn1. The predicted octanol–water partition coefficient (Wildman–Crippen LogP) is 2.83. The number of carboxylic acid groups (broad SMARTS) is 1. The number of carboxylic acids is 1. The van der Waals surface area contributed by atoms with Crippen LogP contribution in [-0.2, 0) is 22.6 Å². The van der Waals surface area contributed by atoms with Gasteiger partial charge in [0.15, 0.2) is 0 Å². The lowest BCUT2D eigenvalue weighted by atomic mass is 10.1. The van der Waals surface area contributed by atoms with E-state index in [1.54, 1.807) is 11.1 Å². The molecule has 0 atom stereocenters. The molecule has 24 heavy (non-hydrogen) atoms. The Morgan fingerprint density at radius 2 is 1.83 bits per heavy atom. The Kier molecular flexibility index (Phi) is 6.49. The Morgan fingerprint density at radius 3 is 2.46 bits per heavy atom. The Morgan fingerprint density at radius 1 is 1.08 bits per heavy atom. The lowest BCUT2D eigenvalue weighted by Gasteiger charge is -2.23. The summed E-state index contributed by atoms with van der Waals surface area (Å²) in [5.41, 5.74) is 2.80. The maximum atomic E-state index is 12.6. The van der Waals surface area contributed by atoms with Crippen LogP contribution in [0.15, 0.2) is 48.7 Å². The number of aryl methyl sites for hydroxylation is 1. The predicted molar refractivity (Wildman–Crippen MR) is 91.4 cm³/mol. The second kappa shape index (κ2) is 8.82. The van der Waals surface area contributed by atoms with E-state index in [-0.39, 0.29) is 18.7 Å². The fraction of sp³-hybridized carbons (Fsp3) is 0.316. The highest BCUT2D eigenvalue weighted by Crippen LogP contribution is 2.10. The van der Waals surface area contributed by atoms with Gasteiger partial charge >= 0.3 is 5.97 Å². The van der Waals surface area contributed by atoms with Gasteiger partial charge in [-0.1, -0.05) is 36.4 Å². The summed E-state index contributed by atoms with van der Waals surface area (Å²) in [6.45, 7) is 2.82. The monoisotopic (exact) mass is 326 g/mol. The molecule has 0 aliphatic carbocycles. The van der Waals surface area contributed by atoms with Gasteiger partial charge in [0.05, 0.1) is 6.42 Å². The summed E-state index contributed by atoms with van der Waals surface area (Å²) >= 11 is 0. The maximum absolute atomic E-state index is 12.6. The minimum absolute atomic E-state index is 0.0186. The lowest BCUT2D eigenvalue weighted by molar-refractivity contribution is -0.138. The van der Waals surface area contributed by atoms with E-state index in [9.17, 15) is 9.59 Å². The van der Waals surface area contributed by atoms with Gasteiger partial charge in [0.1, 0.15) is 0 Å². The Labute approximate surface area is 142 Å². The molecule has 126 valence electrons. The molecule has 0 aliphatic heterocycles. The van der Waals surface area contributed by atoms with Crippen molar-refractivity contribution >= 4 is 11.9 Å². The summed E-state index contributed by atoms with van der Waals surface area (Å²) in [7, 11) is 0. The van der Waals surface area contributed by atoms with Gasteiger partial charge in [-0.05, 0) is 30.5 Å². The van der Waals surface area contributed by atoms with Crippen LogP contribution in [0.3, 0.4) is 0 Å². The van der Waals surface area contributed by atoms with Crippen molar-refractivity contribution in [3.05, 3.63) is 65.5 Å². The zero-order chi connectivity index (χ0) is 17.4. The molecule has 0 unspecified atom stereocenters. The molecule has 1 N–H and O–H groups in total. The summed E-state index contributed by atoms with van der Waals surface area (Å²) in [5, 5.41) is 8.80. The Balaban J connectivity index is 2.03. The van der Waals surface area contributed by atoms with Crippen LogP contribution in [0, 0.1) is 6.92 Å². The van der Waals surface area contributed by atoms with E-state index in [4.69, 9.17) is 5.11 Å². The molecule has 2 aromatic rings. The van der Waals surface area contributed by atoms with Gasteiger partial charge in [-0.25, -0.2) is 0 Å². The molecule has 5 nitrogen and oxygen atoms in total. The molecule has 0 aliphatic rings. The van der Waals surface area contributed by atoms with E-state index < -0.39 is 5.97 Å². The minimum Gasteiger partial charge on any atom is -0.481 e. The van der Waals surface area contributed by atoms with Crippen molar-refractivity contribution in [2.24, 2.45) is 0 Å². The summed E-state index contributed by atoms with van der Waals surface area (Å²) in [5.74, 6) is -0.861. The van der Waals surface area contributed by atoms with Crippen molar-refractivity contribution in [1.29, 1.82) is 0 Å². The van der Waals surface area contributed by atoms with Crippen molar-refractivity contribution in [2.45, 2.75) is 32.7 Å². The van der Waals surface area contributed by atoms with Crippen LogP contribution in [-0.4, -0.2) is 33.4 Å². The van der Waals surface area contributed by atoms with Crippen LogP contribution >= 0.6 is 0 Å². The number of hydrogen-bond acceptors (Lipinski definition) is 3. The summed E-state index contributed by atoms with van der Waals surface area (Å²) < 4.78 is 0. The number of aromatic nitrogens is 1. The van der Waals surface area contributed by atoms with Crippen LogP contribution in [0.25, 0.3) is 0 Å². The van der Waals surface area contributed by atoms with E-state index >= 15 is 0 Å². The number of hydrogen-bond donors (Lipinski definition) is 1. The smallest absolute Gasteiger partial charge is 0.303 e. The first-order valence-electron chi connectivity index (χ1n) is 7.99. The average molecular weight is 326 g/mol. The second-order valence-electron chi connectivity index (χ2n) is 5.78. The van der Waals surface area contributed by atoms with Crippen LogP contribution < -0.4 is 0 Å². The average Bonchev–Trinajstić information content (AvgIpc) is 2.56. The lowest BCUT2D eigenvalue weighted by Crippen LogP contribution is -2.33. The van der Waals surface area contributed by atoms with E-state index in [0.29, 0.717) is 19.5 Å². The minimum atomic E-state index is -0.843. The molecular weight excluding hydrogens is 304 g/mol. The molecular formula is C19H22N2O3. The third-order valence-corrected chi connectivity index (χ3v) is 3.72. The third kappa shape index (κ3) is 5.83. The van der Waals surface area contributed by atoms with E-state index in [0.717, 1.165) is 16.8 Å². The highest BCUT2D eigenvalue weighted by Gasteiger charge is 2.15. The number of carbonyl (C=O) groups is 2. The van der Waals surface area contributed by atoms with Crippen molar-refractivity contribution in [3.63, 3.8) is 0 Å². The topological polar surface area (TPSA) is 70.5 Å². The molecule has 1 amide bonds. The van der Waals surface area contributed by atoms with Gasteiger partial charge in [0, 0.05) is 31.4 Å². The van der Waals surface area contributed by atoms with Crippen LogP contribution in [0.4, 0.5) is 0 Å². The summed E-state index contributed by atoms with van der Waals surface area (Å²) in [6.07, 6.45) is 2.49. The molecule has 0 radical (unpaired) electrons. The molecule has 5 heteroatoms. The zero-order valence-corrected chi connectivity index (χ0v) is 13.8. The number of carbonyl (C=O) groups excluding carboxylic acids is 1. The van der Waals surface area contributed by atoms with Gasteiger partial charge in [-0.15, -0.1) is 0 Å². The first-order chi connectivity index (χ1) is 11.5. The quantitative estimate of drug-likeness (QED) is 0.810. The standard InChI is InChI=1S/C19H22N2O3/c1-15-9-10-17(13-20-15)12-18(22)21(11-5-8-19(23)24)14-16-6-3-2-4-7-16/h2-4,6-7,9-10,13H,5,8,11-12,14H2,1H3,(H,23,24). The molecule has 0 saturated heterocycles. The highest BCUT2D eigenvalue weighted by molar-refractivity contribution is 5.78. The van der Waals surface area contributed by atoms with Gasteiger partial charge < -0.3 is 10.0 Å². The van der Waals surface area contributed by atoms with Gasteiger partial charge in [-0.3, -0.25) is 14.6 Å². The van der Waals surface area contributed by atoms with E-state index in [2.05, 4.69) is 4.98 Å². The first-order valence-corrected chi connectivity index (χ1v) is 7.99. The number of amides is 1. The van der Waals surface area contributed by atoms with Crippen LogP contribution in [0.5, 0.6) is 0 Å². The number of nitrogens with zero attached hydrogens (tertiary/aromatic N) is 2. The Bertz CT molecular complexity index is 669. The van der Waals surface area contributed by atoms with Gasteiger partial charge in [-0.2, -0.15) is 0 Å². The normalized spacial score (nSPS) is 10.4. The molecule has 0 spiro atoms. The molecule has 0 saturated carbocycles. The Hall–Kier alpha value is -2.69. The molecule has 0 fully saturated rings. The van der Waals surface area contributed by atoms with Crippen molar-refractivity contribution < 1.29 is 14.7 Å². The maximum Gasteiger partial charge on any atom is 0.303 e. The number of benzene rings is 1. The van der Waals surface area contributed by atoms with Crippen LogP contribution in [0.1, 0.15) is 29.7 Å². The molecule has 0 bridgehead atoms. The fourth-order valence-corrected chi connectivity index (χ4v) is 2.41. The van der Waals surface area contributed by atoms with Gasteiger partial charge in [0.25, 0.3) is 0 Å². The van der Waals surface area contributed by atoms with Crippen molar-refractivity contribution in [2.75, 3.05) is 6.54 Å². The van der Waals surface area contributed by atoms with E-state index in [1.165, 1.54) is 0 Å². The number of rotatable bonds is 8. The third-order valence-electron chi connectivity index (χ3n) is 3.72. The second-order valence-corrected chi connectivity index (χ2v) is 5.78. The molecule has 1 heterocycles. The van der Waals surface area contributed by atoms with E-state index in [1.807, 2.05) is 49.4 Å². The van der Waals surface area contributed by atoms with Crippen molar-refractivity contribution in [3.8, 4) is 0 Å². The largest absolute Gasteiger partial charge is 0.481 e. The summed E-state index contributed by atoms with van der Waals surface area (Å²) in [6, 6.07) is 13.5. The fourth-order valence-electron chi connectivity index (χ4n) is 2.41. The zero-order valence-electron chi connectivity index (χ0n) is 13.8. The van der Waals surface area contributed by atoms with Gasteiger partial charge in [0.2, 0.25) is 5.91 Å². The first kappa shape index (κ1) is 17.7.